The number of nitrogens with zero attached hydrogens (tertiary/aromatic N) is 3. The SMILES string of the molecule is COc1cccc(OCCCn2c(C3CC(=O)N(c4ccc(C)cc4)C3)nc3ccccc32)c1. The lowest BCUT2D eigenvalue weighted by molar-refractivity contribution is -0.117. The van der Waals surface area contributed by atoms with Gasteiger partial charge in [0, 0.05) is 37.2 Å². The lowest BCUT2D eigenvalue weighted by Crippen LogP contribution is -2.24. The Bertz CT molecular complexity index is 1300. The fourth-order valence-electron chi connectivity index (χ4n) is 4.60. The van der Waals surface area contributed by atoms with Crippen molar-refractivity contribution < 1.29 is 14.3 Å². The summed E-state index contributed by atoms with van der Waals surface area (Å²) in [4.78, 5) is 19.7. The van der Waals surface area contributed by atoms with E-state index in [4.69, 9.17) is 14.5 Å². The third kappa shape index (κ3) is 4.49. The van der Waals surface area contributed by atoms with Crippen molar-refractivity contribution in [1.29, 1.82) is 0 Å². The van der Waals surface area contributed by atoms with Crippen LogP contribution in [0.4, 0.5) is 5.69 Å². The Labute approximate surface area is 199 Å². The molecule has 0 aliphatic carbocycles. The topological polar surface area (TPSA) is 56.6 Å². The molecule has 1 atom stereocenters. The molecule has 6 heteroatoms. The monoisotopic (exact) mass is 455 g/mol. The number of aromatic nitrogens is 2. The molecular weight excluding hydrogens is 426 g/mol. The van der Waals surface area contributed by atoms with E-state index in [1.807, 2.05) is 71.6 Å². The maximum atomic E-state index is 12.9. The van der Waals surface area contributed by atoms with Crippen molar-refractivity contribution >= 4 is 22.6 Å². The van der Waals surface area contributed by atoms with Gasteiger partial charge in [0.25, 0.3) is 0 Å². The number of aryl methyl sites for hydroxylation is 2. The van der Waals surface area contributed by atoms with Gasteiger partial charge in [-0.3, -0.25) is 4.79 Å². The first-order chi connectivity index (χ1) is 16.6. The van der Waals surface area contributed by atoms with Gasteiger partial charge in [0.1, 0.15) is 17.3 Å². The summed E-state index contributed by atoms with van der Waals surface area (Å²) in [6.07, 6.45) is 1.30. The summed E-state index contributed by atoms with van der Waals surface area (Å²) in [7, 11) is 1.65. The van der Waals surface area contributed by atoms with Crippen molar-refractivity contribution in [3.63, 3.8) is 0 Å². The predicted octanol–water partition coefficient (Wildman–Crippen LogP) is 5.34. The standard InChI is InChI=1S/C28H29N3O3/c1-20-11-13-22(14-12-20)31-19-21(17-27(31)32)28-29-25-9-3-4-10-26(25)30(28)15-6-16-34-24-8-5-7-23(18-24)33-2/h3-5,7-14,18,21H,6,15-17,19H2,1-2H3. The number of hydrogen-bond donors (Lipinski definition) is 0. The van der Waals surface area contributed by atoms with Gasteiger partial charge in [-0.15, -0.1) is 0 Å². The second-order valence-electron chi connectivity index (χ2n) is 8.73. The zero-order valence-corrected chi connectivity index (χ0v) is 19.6. The Morgan fingerprint density at radius 2 is 1.79 bits per heavy atom. The molecule has 0 saturated carbocycles. The average Bonchev–Trinajstić information content (AvgIpc) is 3.43. The second-order valence-corrected chi connectivity index (χ2v) is 8.73. The first-order valence-corrected chi connectivity index (χ1v) is 11.7. The molecular formula is C28H29N3O3. The molecule has 1 fully saturated rings. The summed E-state index contributed by atoms with van der Waals surface area (Å²) in [5, 5.41) is 0. The number of para-hydroxylation sites is 2. The highest BCUT2D eigenvalue weighted by Gasteiger charge is 2.34. The molecule has 5 rings (SSSR count). The summed E-state index contributed by atoms with van der Waals surface area (Å²) < 4.78 is 13.5. The van der Waals surface area contributed by atoms with Crippen molar-refractivity contribution in [3.8, 4) is 11.5 Å². The maximum Gasteiger partial charge on any atom is 0.227 e. The summed E-state index contributed by atoms with van der Waals surface area (Å²) in [6.45, 7) is 4.05. The normalized spacial score (nSPS) is 15.8. The first kappa shape index (κ1) is 22.0. The Balaban J connectivity index is 1.33. The third-order valence-electron chi connectivity index (χ3n) is 6.36. The van der Waals surface area contributed by atoms with Gasteiger partial charge in [0.05, 0.1) is 24.8 Å². The Hall–Kier alpha value is -3.80. The minimum Gasteiger partial charge on any atom is -0.497 e. The van der Waals surface area contributed by atoms with E-state index in [9.17, 15) is 4.79 Å². The van der Waals surface area contributed by atoms with Gasteiger partial charge in [-0.2, -0.15) is 0 Å². The van der Waals surface area contributed by atoms with Gasteiger partial charge in [-0.05, 0) is 49.7 Å². The molecule has 6 nitrogen and oxygen atoms in total. The Morgan fingerprint density at radius 3 is 2.62 bits per heavy atom. The van der Waals surface area contributed by atoms with Crippen LogP contribution >= 0.6 is 0 Å². The number of benzene rings is 3. The molecule has 0 bridgehead atoms. The second kappa shape index (κ2) is 9.59. The van der Waals surface area contributed by atoms with Crippen molar-refractivity contribution in [3.05, 3.63) is 84.2 Å². The zero-order chi connectivity index (χ0) is 23.5. The van der Waals surface area contributed by atoms with Crippen molar-refractivity contribution in [2.45, 2.75) is 32.2 Å². The van der Waals surface area contributed by atoms with E-state index >= 15 is 0 Å². The molecule has 34 heavy (non-hydrogen) atoms. The zero-order valence-electron chi connectivity index (χ0n) is 19.6. The van der Waals surface area contributed by atoms with Crippen molar-refractivity contribution in [1.82, 2.24) is 9.55 Å². The lowest BCUT2D eigenvalue weighted by Gasteiger charge is -2.18. The number of amides is 1. The maximum absolute atomic E-state index is 12.9. The summed E-state index contributed by atoms with van der Waals surface area (Å²) >= 11 is 0. The molecule has 0 N–H and O–H groups in total. The number of carbonyl (C=O) groups excluding carboxylic acids is 1. The van der Waals surface area contributed by atoms with E-state index in [1.54, 1.807) is 7.11 Å². The Kier molecular flexibility index (Phi) is 6.21. The van der Waals surface area contributed by atoms with E-state index < -0.39 is 0 Å². The first-order valence-electron chi connectivity index (χ1n) is 11.7. The molecule has 0 radical (unpaired) electrons. The van der Waals surface area contributed by atoms with Gasteiger partial charge in [-0.25, -0.2) is 4.98 Å². The Morgan fingerprint density at radius 1 is 1.00 bits per heavy atom. The number of rotatable bonds is 8. The minimum absolute atomic E-state index is 0.0560. The van der Waals surface area contributed by atoms with Gasteiger partial charge in [0.15, 0.2) is 0 Å². The highest BCUT2D eigenvalue weighted by molar-refractivity contribution is 5.96. The van der Waals surface area contributed by atoms with Crippen LogP contribution in [0.5, 0.6) is 11.5 Å². The summed E-state index contributed by atoms with van der Waals surface area (Å²) in [5.74, 6) is 2.76. The number of ether oxygens (including phenoxy) is 2. The largest absolute Gasteiger partial charge is 0.497 e. The van der Waals surface area contributed by atoms with Crippen LogP contribution in [-0.4, -0.2) is 35.7 Å². The highest BCUT2D eigenvalue weighted by atomic mass is 16.5. The van der Waals surface area contributed by atoms with Crippen molar-refractivity contribution in [2.75, 3.05) is 25.2 Å². The highest BCUT2D eigenvalue weighted by Crippen LogP contribution is 2.33. The van der Waals surface area contributed by atoms with Gasteiger partial charge >= 0.3 is 0 Å². The van der Waals surface area contributed by atoms with Crippen molar-refractivity contribution in [2.24, 2.45) is 0 Å². The summed E-state index contributed by atoms with van der Waals surface area (Å²) in [6, 6.07) is 24.0. The minimum atomic E-state index is 0.0560. The fraction of sp³-hybridized carbons (Fsp3) is 0.286. The van der Waals surface area contributed by atoms with Crippen LogP contribution in [-0.2, 0) is 11.3 Å². The number of hydrogen-bond acceptors (Lipinski definition) is 4. The third-order valence-corrected chi connectivity index (χ3v) is 6.36. The van der Waals surface area contributed by atoms with Crippen LogP contribution in [0.2, 0.25) is 0 Å². The van der Waals surface area contributed by atoms with E-state index in [2.05, 4.69) is 17.6 Å². The van der Waals surface area contributed by atoms with Crippen LogP contribution in [0.15, 0.2) is 72.8 Å². The molecule has 1 aromatic heterocycles. The molecule has 2 heterocycles. The predicted molar refractivity (Wildman–Crippen MR) is 134 cm³/mol. The van der Waals surface area contributed by atoms with Crippen LogP contribution in [0, 0.1) is 6.92 Å². The van der Waals surface area contributed by atoms with E-state index in [1.165, 1.54) is 5.56 Å². The molecule has 0 spiro atoms. The van der Waals surface area contributed by atoms with E-state index in [0.717, 1.165) is 47.0 Å². The van der Waals surface area contributed by atoms with E-state index in [0.29, 0.717) is 19.6 Å². The smallest absolute Gasteiger partial charge is 0.227 e. The molecule has 1 amide bonds. The number of carbonyl (C=O) groups is 1. The van der Waals surface area contributed by atoms with Crippen LogP contribution in [0.3, 0.4) is 0 Å². The number of imidazole rings is 1. The summed E-state index contributed by atoms with van der Waals surface area (Å²) in [5.41, 5.74) is 4.20. The molecule has 1 saturated heterocycles. The molecule has 1 aliphatic rings. The van der Waals surface area contributed by atoms with Crippen LogP contribution < -0.4 is 14.4 Å². The quantitative estimate of drug-likeness (QED) is 0.337. The molecule has 3 aromatic carbocycles. The van der Waals surface area contributed by atoms with Crippen LogP contribution in [0.25, 0.3) is 11.0 Å². The molecule has 4 aromatic rings. The van der Waals surface area contributed by atoms with E-state index in [-0.39, 0.29) is 11.8 Å². The van der Waals surface area contributed by atoms with Gasteiger partial charge < -0.3 is 18.9 Å². The molecule has 1 unspecified atom stereocenters. The molecule has 174 valence electrons. The number of anilines is 1. The van der Waals surface area contributed by atoms with Gasteiger partial charge in [-0.1, -0.05) is 35.9 Å². The fourth-order valence-corrected chi connectivity index (χ4v) is 4.60. The lowest BCUT2D eigenvalue weighted by atomic mass is 10.1. The molecule has 1 aliphatic heterocycles. The number of methoxy groups -OCH3 is 1. The van der Waals surface area contributed by atoms with Crippen LogP contribution in [0.1, 0.15) is 30.1 Å². The van der Waals surface area contributed by atoms with Gasteiger partial charge in [0.2, 0.25) is 5.91 Å². The number of fused-ring (bicyclic) bond motifs is 1. The average molecular weight is 456 g/mol.